The van der Waals surface area contributed by atoms with Gasteiger partial charge in [-0.1, -0.05) is 5.16 Å². The van der Waals surface area contributed by atoms with Gasteiger partial charge in [-0.25, -0.2) is 0 Å². The summed E-state index contributed by atoms with van der Waals surface area (Å²) in [6, 6.07) is 0. The number of hydrogen-bond acceptors (Lipinski definition) is 7. The molecule has 142 valence electrons. The van der Waals surface area contributed by atoms with Crippen molar-refractivity contribution in [3.05, 3.63) is 29.7 Å². The molecule has 0 bridgehead atoms. The summed E-state index contributed by atoms with van der Waals surface area (Å²) in [5.74, 6) is 1.71. The van der Waals surface area contributed by atoms with Gasteiger partial charge in [0.1, 0.15) is 6.61 Å². The predicted molar refractivity (Wildman–Crippen MR) is 93.4 cm³/mol. The van der Waals surface area contributed by atoms with Crippen LogP contribution in [0.2, 0.25) is 0 Å². The number of likely N-dealkylation sites (tertiary alicyclic amines) is 1. The molecule has 0 saturated carbocycles. The molecule has 2 aliphatic heterocycles. The van der Waals surface area contributed by atoms with Crippen LogP contribution in [0.5, 0.6) is 0 Å². The molecule has 26 heavy (non-hydrogen) atoms. The summed E-state index contributed by atoms with van der Waals surface area (Å²) in [4.78, 5) is 6.95. The normalized spacial score (nSPS) is 22.7. The molecular formula is C18H27N5O3. The van der Waals surface area contributed by atoms with Gasteiger partial charge in [-0.3, -0.25) is 9.58 Å². The minimum atomic E-state index is 0.213. The fourth-order valence-corrected chi connectivity index (χ4v) is 3.73. The van der Waals surface area contributed by atoms with E-state index in [1.54, 1.807) is 0 Å². The molecule has 8 nitrogen and oxygen atoms in total. The zero-order chi connectivity index (χ0) is 17.8. The van der Waals surface area contributed by atoms with E-state index in [1.807, 2.05) is 17.9 Å². The maximum atomic E-state index is 6.07. The fraction of sp³-hybridized carbons (Fsp3) is 0.722. The first kappa shape index (κ1) is 17.6. The summed E-state index contributed by atoms with van der Waals surface area (Å²) in [6.07, 6.45) is 8.34. The first-order chi connectivity index (χ1) is 12.8. The molecule has 1 atom stereocenters. The highest BCUT2D eigenvalue weighted by Gasteiger charge is 2.24. The SMILES string of the molecule is Cn1cc(CN2CCCC(OCc3noc(C4CCOCC4)n3)C2)cn1. The third-order valence-electron chi connectivity index (χ3n) is 5.13. The van der Waals surface area contributed by atoms with Crippen molar-refractivity contribution < 1.29 is 14.0 Å². The largest absolute Gasteiger partial charge is 0.381 e. The number of rotatable bonds is 6. The topological polar surface area (TPSA) is 78.4 Å². The molecule has 4 rings (SSSR count). The second-order valence-electron chi connectivity index (χ2n) is 7.27. The van der Waals surface area contributed by atoms with E-state index in [1.165, 1.54) is 5.56 Å². The van der Waals surface area contributed by atoms with E-state index in [-0.39, 0.29) is 6.10 Å². The van der Waals surface area contributed by atoms with Gasteiger partial charge < -0.3 is 14.0 Å². The Morgan fingerprint density at radius 2 is 2.15 bits per heavy atom. The molecule has 2 aromatic heterocycles. The van der Waals surface area contributed by atoms with Gasteiger partial charge in [0.2, 0.25) is 5.89 Å². The van der Waals surface area contributed by atoms with Crippen LogP contribution >= 0.6 is 0 Å². The van der Waals surface area contributed by atoms with E-state index >= 15 is 0 Å². The summed E-state index contributed by atoms with van der Waals surface area (Å²) in [6.45, 7) is 4.91. The summed E-state index contributed by atoms with van der Waals surface area (Å²) in [5.41, 5.74) is 1.24. The smallest absolute Gasteiger partial charge is 0.230 e. The van der Waals surface area contributed by atoms with Gasteiger partial charge in [-0.05, 0) is 32.2 Å². The molecule has 4 heterocycles. The maximum absolute atomic E-state index is 6.07. The van der Waals surface area contributed by atoms with Crippen LogP contribution < -0.4 is 0 Å². The summed E-state index contributed by atoms with van der Waals surface area (Å²) >= 11 is 0. The Labute approximate surface area is 153 Å². The monoisotopic (exact) mass is 361 g/mol. The summed E-state index contributed by atoms with van der Waals surface area (Å²) < 4.78 is 18.7. The molecule has 2 fully saturated rings. The zero-order valence-corrected chi connectivity index (χ0v) is 15.3. The van der Waals surface area contributed by atoms with Crippen molar-refractivity contribution in [2.24, 2.45) is 7.05 Å². The van der Waals surface area contributed by atoms with Gasteiger partial charge in [0.25, 0.3) is 0 Å². The van der Waals surface area contributed by atoms with Crippen molar-refractivity contribution in [3.63, 3.8) is 0 Å². The lowest BCUT2D eigenvalue weighted by Gasteiger charge is -2.32. The molecule has 8 heteroatoms. The van der Waals surface area contributed by atoms with Crippen LogP contribution in [0, 0.1) is 0 Å². The van der Waals surface area contributed by atoms with Crippen LogP contribution in [0.4, 0.5) is 0 Å². The molecule has 0 spiro atoms. The van der Waals surface area contributed by atoms with Crippen molar-refractivity contribution in [3.8, 4) is 0 Å². The van der Waals surface area contributed by atoms with E-state index < -0.39 is 0 Å². The highest BCUT2D eigenvalue weighted by molar-refractivity contribution is 5.03. The quantitative estimate of drug-likeness (QED) is 0.777. The van der Waals surface area contributed by atoms with Gasteiger partial charge in [-0.15, -0.1) is 0 Å². The Hall–Kier alpha value is -1.77. The Morgan fingerprint density at radius 1 is 1.27 bits per heavy atom. The molecule has 0 N–H and O–H groups in total. The van der Waals surface area contributed by atoms with Crippen LogP contribution in [0.25, 0.3) is 0 Å². The Morgan fingerprint density at radius 3 is 2.96 bits per heavy atom. The highest BCUT2D eigenvalue weighted by Crippen LogP contribution is 2.25. The standard InChI is InChI=1S/C18H27N5O3/c1-22-10-14(9-19-22)11-23-6-2-3-16(12-23)25-13-17-20-18(26-21-17)15-4-7-24-8-5-15/h9-10,15-16H,2-8,11-13H2,1H3. The van der Waals surface area contributed by atoms with Gasteiger partial charge >= 0.3 is 0 Å². The van der Waals surface area contributed by atoms with Crippen molar-refractivity contribution in [1.82, 2.24) is 24.8 Å². The second kappa shape index (κ2) is 8.28. The van der Waals surface area contributed by atoms with E-state index in [4.69, 9.17) is 14.0 Å². The predicted octanol–water partition coefficient (Wildman–Crippen LogP) is 1.88. The maximum Gasteiger partial charge on any atom is 0.230 e. The number of ether oxygens (including phenoxy) is 2. The van der Waals surface area contributed by atoms with E-state index in [0.29, 0.717) is 18.3 Å². The fourth-order valence-electron chi connectivity index (χ4n) is 3.73. The average molecular weight is 361 g/mol. The number of nitrogens with zero attached hydrogens (tertiary/aromatic N) is 5. The third kappa shape index (κ3) is 4.49. The molecule has 0 radical (unpaired) electrons. The van der Waals surface area contributed by atoms with Gasteiger partial charge in [0, 0.05) is 51.0 Å². The van der Waals surface area contributed by atoms with Crippen molar-refractivity contribution in [2.75, 3.05) is 26.3 Å². The third-order valence-corrected chi connectivity index (χ3v) is 5.13. The van der Waals surface area contributed by atoms with Crippen LogP contribution in [0.3, 0.4) is 0 Å². The first-order valence-electron chi connectivity index (χ1n) is 9.48. The molecule has 0 amide bonds. The average Bonchev–Trinajstić information content (AvgIpc) is 3.30. The van der Waals surface area contributed by atoms with Crippen LogP contribution in [0.1, 0.15) is 48.9 Å². The second-order valence-corrected chi connectivity index (χ2v) is 7.27. The first-order valence-corrected chi connectivity index (χ1v) is 9.48. The van der Waals surface area contributed by atoms with Crippen molar-refractivity contribution in [2.45, 2.75) is 50.9 Å². The molecule has 1 unspecified atom stereocenters. The van der Waals surface area contributed by atoms with Crippen molar-refractivity contribution >= 4 is 0 Å². The minimum absolute atomic E-state index is 0.213. The van der Waals surface area contributed by atoms with Crippen LogP contribution in [-0.4, -0.2) is 57.2 Å². The minimum Gasteiger partial charge on any atom is -0.381 e. The molecule has 2 saturated heterocycles. The van der Waals surface area contributed by atoms with Crippen LogP contribution in [-0.2, 0) is 29.7 Å². The molecule has 2 aromatic rings. The van der Waals surface area contributed by atoms with E-state index in [2.05, 4.69) is 26.3 Å². The lowest BCUT2D eigenvalue weighted by Crippen LogP contribution is -2.39. The summed E-state index contributed by atoms with van der Waals surface area (Å²) in [5, 5.41) is 8.33. The highest BCUT2D eigenvalue weighted by atomic mass is 16.5. The molecule has 0 aliphatic carbocycles. The number of aryl methyl sites for hydroxylation is 1. The van der Waals surface area contributed by atoms with Crippen LogP contribution in [0.15, 0.2) is 16.9 Å². The summed E-state index contributed by atoms with van der Waals surface area (Å²) in [7, 11) is 1.95. The lowest BCUT2D eigenvalue weighted by atomic mass is 10.0. The lowest BCUT2D eigenvalue weighted by molar-refractivity contribution is -0.0151. The number of piperidine rings is 1. The Kier molecular flexibility index (Phi) is 5.62. The Balaban J connectivity index is 1.25. The zero-order valence-electron chi connectivity index (χ0n) is 15.3. The van der Waals surface area contributed by atoms with Gasteiger partial charge in [0.05, 0.1) is 12.3 Å². The van der Waals surface area contributed by atoms with Crippen molar-refractivity contribution in [1.29, 1.82) is 0 Å². The molecular weight excluding hydrogens is 334 g/mol. The van der Waals surface area contributed by atoms with Gasteiger partial charge in [-0.2, -0.15) is 10.1 Å². The number of aromatic nitrogens is 4. The van der Waals surface area contributed by atoms with E-state index in [9.17, 15) is 0 Å². The van der Waals surface area contributed by atoms with Gasteiger partial charge in [0.15, 0.2) is 5.82 Å². The molecule has 2 aliphatic rings. The Bertz CT molecular complexity index is 695. The number of hydrogen-bond donors (Lipinski definition) is 0. The van der Waals surface area contributed by atoms with E-state index in [0.717, 1.165) is 64.4 Å². The molecule has 0 aromatic carbocycles.